The van der Waals surface area contributed by atoms with E-state index in [1.807, 2.05) is 17.0 Å². The summed E-state index contributed by atoms with van der Waals surface area (Å²) < 4.78 is 6.38. The van der Waals surface area contributed by atoms with E-state index in [-0.39, 0.29) is 0 Å². The smallest absolute Gasteiger partial charge is 0.222 e. The highest BCUT2D eigenvalue weighted by Crippen LogP contribution is 2.39. The second kappa shape index (κ2) is 8.23. The van der Waals surface area contributed by atoms with Crippen molar-refractivity contribution >= 4 is 44.2 Å². The summed E-state index contributed by atoms with van der Waals surface area (Å²) in [5, 5.41) is 1.66. The van der Waals surface area contributed by atoms with Gasteiger partial charge < -0.3 is 14.5 Å². The topological polar surface area (TPSA) is 45.7 Å². The van der Waals surface area contributed by atoms with Crippen LogP contribution in [0.25, 0.3) is 10.2 Å². The van der Waals surface area contributed by atoms with Crippen LogP contribution in [0.4, 0.5) is 5.13 Å². The lowest BCUT2D eigenvalue weighted by Crippen LogP contribution is -2.49. The molecule has 1 aromatic heterocycles. The number of anilines is 1. The average molecular weight is 408 g/mol. The minimum Gasteiger partial charge on any atom is -0.494 e. The van der Waals surface area contributed by atoms with Gasteiger partial charge in [0.1, 0.15) is 11.3 Å². The van der Waals surface area contributed by atoms with Crippen molar-refractivity contribution in [3.63, 3.8) is 0 Å². The van der Waals surface area contributed by atoms with Crippen LogP contribution in [0.3, 0.4) is 0 Å². The van der Waals surface area contributed by atoms with E-state index in [9.17, 15) is 4.79 Å². The fraction of sp³-hybridized carbons (Fsp3) is 0.600. The zero-order valence-electron chi connectivity index (χ0n) is 15.7. The highest BCUT2D eigenvalue weighted by molar-refractivity contribution is 7.22. The molecule has 5 nitrogen and oxygen atoms in total. The number of ether oxygens (including phenoxy) is 1. The molecule has 0 bridgehead atoms. The zero-order chi connectivity index (χ0) is 18.8. The van der Waals surface area contributed by atoms with Gasteiger partial charge >= 0.3 is 0 Å². The van der Waals surface area contributed by atoms with Crippen molar-refractivity contribution in [2.24, 2.45) is 5.92 Å². The van der Waals surface area contributed by atoms with Crippen molar-refractivity contribution in [1.29, 1.82) is 0 Å². The molecule has 2 aliphatic rings. The molecule has 0 radical (unpaired) electrons. The summed E-state index contributed by atoms with van der Waals surface area (Å²) >= 11 is 7.94. The molecule has 146 valence electrons. The fourth-order valence-corrected chi connectivity index (χ4v) is 5.46. The Labute approximate surface area is 169 Å². The maximum Gasteiger partial charge on any atom is 0.222 e. The minimum atomic E-state index is 0.329. The third-order valence-electron chi connectivity index (χ3n) is 5.76. The van der Waals surface area contributed by atoms with E-state index in [1.54, 1.807) is 18.4 Å². The van der Waals surface area contributed by atoms with E-state index in [4.69, 9.17) is 21.3 Å². The number of thiazole rings is 1. The summed E-state index contributed by atoms with van der Waals surface area (Å²) in [6.07, 6.45) is 7.08. The number of piperazine rings is 1. The highest BCUT2D eigenvalue weighted by Gasteiger charge is 2.26. The number of amides is 1. The zero-order valence-corrected chi connectivity index (χ0v) is 17.3. The van der Waals surface area contributed by atoms with Gasteiger partial charge in [-0.15, -0.1) is 0 Å². The molecule has 0 N–H and O–H groups in total. The standard InChI is InChI=1S/C20H26ClN3O2S/c1-26-16-8-7-15(21)19-18(16)22-20(27-19)24-11-9-23(10-12-24)17(25)13-14-5-3-2-4-6-14/h7-8,14H,2-6,9-13H2,1H3. The van der Waals surface area contributed by atoms with Crippen LogP contribution in [0.2, 0.25) is 5.02 Å². The summed E-state index contributed by atoms with van der Waals surface area (Å²) in [5.74, 6) is 1.68. The van der Waals surface area contributed by atoms with Crippen molar-refractivity contribution in [2.45, 2.75) is 38.5 Å². The van der Waals surface area contributed by atoms with Crippen molar-refractivity contribution in [2.75, 3.05) is 38.2 Å². The van der Waals surface area contributed by atoms with Gasteiger partial charge in [-0.25, -0.2) is 4.98 Å². The number of carbonyl (C=O) groups excluding carboxylic acids is 1. The van der Waals surface area contributed by atoms with E-state index in [0.717, 1.165) is 53.7 Å². The monoisotopic (exact) mass is 407 g/mol. The molecule has 0 unspecified atom stereocenters. The summed E-state index contributed by atoms with van der Waals surface area (Å²) in [5.41, 5.74) is 0.820. The Morgan fingerprint density at radius 3 is 2.67 bits per heavy atom. The van der Waals surface area contributed by atoms with Gasteiger partial charge in [-0.3, -0.25) is 4.79 Å². The van der Waals surface area contributed by atoms with Gasteiger partial charge in [-0.2, -0.15) is 0 Å². The van der Waals surface area contributed by atoms with Gasteiger partial charge in [0.15, 0.2) is 5.13 Å². The van der Waals surface area contributed by atoms with Crippen molar-refractivity contribution in [1.82, 2.24) is 9.88 Å². The first-order chi connectivity index (χ1) is 13.2. The second-order valence-corrected chi connectivity index (χ2v) is 8.88. The quantitative estimate of drug-likeness (QED) is 0.744. The molecule has 7 heteroatoms. The molecule has 0 spiro atoms. The Bertz CT molecular complexity index is 811. The number of hydrogen-bond acceptors (Lipinski definition) is 5. The van der Waals surface area contributed by atoms with Crippen molar-refractivity contribution in [3.8, 4) is 5.75 Å². The number of fused-ring (bicyclic) bond motifs is 1. The Hall–Kier alpha value is -1.53. The van der Waals surface area contributed by atoms with Crippen LogP contribution in [-0.2, 0) is 4.79 Å². The van der Waals surface area contributed by atoms with Crippen molar-refractivity contribution in [3.05, 3.63) is 17.2 Å². The number of nitrogens with zero attached hydrogens (tertiary/aromatic N) is 3. The van der Waals surface area contributed by atoms with Gasteiger partial charge in [-0.1, -0.05) is 42.2 Å². The number of hydrogen-bond donors (Lipinski definition) is 0. The molecule has 0 atom stereocenters. The first-order valence-corrected chi connectivity index (χ1v) is 11.0. The molecule has 4 rings (SSSR count). The van der Waals surface area contributed by atoms with E-state index in [1.165, 1.54) is 32.1 Å². The van der Waals surface area contributed by atoms with E-state index in [2.05, 4.69) is 4.90 Å². The molecule has 1 aliphatic carbocycles. The first kappa shape index (κ1) is 18.8. The lowest BCUT2D eigenvalue weighted by Gasteiger charge is -2.35. The Morgan fingerprint density at radius 2 is 1.96 bits per heavy atom. The number of benzene rings is 1. The molecule has 1 aromatic carbocycles. The number of aromatic nitrogens is 1. The number of rotatable bonds is 4. The van der Waals surface area contributed by atoms with Crippen LogP contribution in [0.5, 0.6) is 5.75 Å². The van der Waals surface area contributed by atoms with Crippen LogP contribution in [-0.4, -0.2) is 49.1 Å². The maximum absolute atomic E-state index is 12.6. The number of methoxy groups -OCH3 is 1. The van der Waals surface area contributed by atoms with Gasteiger partial charge in [-0.05, 0) is 30.9 Å². The number of carbonyl (C=O) groups is 1. The van der Waals surface area contributed by atoms with Crippen LogP contribution >= 0.6 is 22.9 Å². The van der Waals surface area contributed by atoms with E-state index >= 15 is 0 Å². The summed E-state index contributed by atoms with van der Waals surface area (Å²) in [7, 11) is 1.65. The normalized spacial score (nSPS) is 18.9. The first-order valence-electron chi connectivity index (χ1n) is 9.81. The van der Waals surface area contributed by atoms with E-state index in [0.29, 0.717) is 16.8 Å². The van der Waals surface area contributed by atoms with Gasteiger partial charge in [0.05, 0.1) is 16.8 Å². The van der Waals surface area contributed by atoms with Crippen molar-refractivity contribution < 1.29 is 9.53 Å². The molecule has 1 saturated heterocycles. The molecule has 1 amide bonds. The molecule has 2 aromatic rings. The Balaban J connectivity index is 1.39. The van der Waals surface area contributed by atoms with Crippen LogP contribution in [0, 0.1) is 5.92 Å². The minimum absolute atomic E-state index is 0.329. The third kappa shape index (κ3) is 4.02. The molecular weight excluding hydrogens is 382 g/mol. The van der Waals surface area contributed by atoms with Crippen LogP contribution in [0.15, 0.2) is 12.1 Å². The molecule has 1 saturated carbocycles. The van der Waals surface area contributed by atoms with Crippen LogP contribution < -0.4 is 9.64 Å². The molecule has 2 heterocycles. The highest BCUT2D eigenvalue weighted by atomic mass is 35.5. The maximum atomic E-state index is 12.6. The summed E-state index contributed by atoms with van der Waals surface area (Å²) in [6, 6.07) is 3.71. The van der Waals surface area contributed by atoms with Gasteiger partial charge in [0.2, 0.25) is 5.91 Å². The third-order valence-corrected chi connectivity index (χ3v) is 7.33. The molecular formula is C20H26ClN3O2S. The van der Waals surface area contributed by atoms with Gasteiger partial charge in [0, 0.05) is 32.6 Å². The molecule has 27 heavy (non-hydrogen) atoms. The average Bonchev–Trinajstić information content (AvgIpc) is 3.16. The predicted octanol–water partition coefficient (Wildman–Crippen LogP) is 4.58. The Morgan fingerprint density at radius 1 is 1.22 bits per heavy atom. The molecule has 1 aliphatic heterocycles. The van der Waals surface area contributed by atoms with Crippen LogP contribution in [0.1, 0.15) is 38.5 Å². The predicted molar refractivity (Wildman–Crippen MR) is 111 cm³/mol. The van der Waals surface area contributed by atoms with E-state index < -0.39 is 0 Å². The Kier molecular flexibility index (Phi) is 5.74. The second-order valence-electron chi connectivity index (χ2n) is 7.50. The largest absolute Gasteiger partial charge is 0.494 e. The lowest BCUT2D eigenvalue weighted by atomic mass is 9.86. The lowest BCUT2D eigenvalue weighted by molar-refractivity contribution is -0.132. The molecule has 2 fully saturated rings. The van der Waals surface area contributed by atoms with Gasteiger partial charge in [0.25, 0.3) is 0 Å². The fourth-order valence-electron chi connectivity index (χ4n) is 4.16. The SMILES string of the molecule is COc1ccc(Cl)c2sc(N3CCN(C(=O)CC4CCCCC4)CC3)nc12. The summed E-state index contributed by atoms with van der Waals surface area (Å²) in [6.45, 7) is 3.17. The summed E-state index contributed by atoms with van der Waals surface area (Å²) in [4.78, 5) is 21.7. The number of halogens is 1.